The van der Waals surface area contributed by atoms with E-state index >= 15 is 0 Å². The molecule has 4 aromatic carbocycles. The summed E-state index contributed by atoms with van der Waals surface area (Å²) in [6.45, 7) is 0. The van der Waals surface area contributed by atoms with Gasteiger partial charge in [0.25, 0.3) is 0 Å². The predicted molar refractivity (Wildman–Crippen MR) is 119 cm³/mol. The molecule has 4 aromatic rings. The van der Waals surface area contributed by atoms with Gasteiger partial charge in [0.15, 0.2) is 23.1 Å². The molecule has 4 rings (SSSR count). The Bertz CT molecular complexity index is 1230. The van der Waals surface area contributed by atoms with Crippen LogP contribution in [0.3, 0.4) is 0 Å². The van der Waals surface area contributed by atoms with Crippen LogP contribution < -0.4 is 14.2 Å². The maximum atomic E-state index is 13.5. The summed E-state index contributed by atoms with van der Waals surface area (Å²) in [5.74, 6) is -0.983. The van der Waals surface area contributed by atoms with Crippen molar-refractivity contribution in [2.75, 3.05) is 0 Å². The van der Waals surface area contributed by atoms with Crippen LogP contribution in [-0.2, 0) is 0 Å². The highest BCUT2D eigenvalue weighted by Gasteiger charge is 2.11. The van der Waals surface area contributed by atoms with Crippen molar-refractivity contribution < 1.29 is 33.2 Å². The molecular weight excluding hydrogens is 477 g/mol. The predicted octanol–water partition coefficient (Wildman–Crippen LogP) is 8.06. The number of ether oxygens (including phenoxy) is 3. The Morgan fingerprint density at radius 1 is 0.515 bits per heavy atom. The highest BCUT2D eigenvalue weighted by molar-refractivity contribution is 6.32. The van der Waals surface area contributed by atoms with Crippen LogP contribution in [-0.4, -0.2) is 10.2 Å². The Morgan fingerprint density at radius 2 is 0.879 bits per heavy atom. The minimum Gasteiger partial charge on any atom is -0.505 e. The van der Waals surface area contributed by atoms with Gasteiger partial charge in [0.05, 0.1) is 10.0 Å². The monoisotopic (exact) mass is 490 g/mol. The van der Waals surface area contributed by atoms with Crippen molar-refractivity contribution in [1.82, 2.24) is 0 Å². The molecule has 0 aliphatic heterocycles. The van der Waals surface area contributed by atoms with Crippen LogP contribution >= 0.6 is 23.2 Å². The summed E-state index contributed by atoms with van der Waals surface area (Å²) in [5, 5.41) is 18.9. The summed E-state index contributed by atoms with van der Waals surface area (Å²) in [7, 11) is 0. The smallest absolute Gasteiger partial charge is 0.168 e. The van der Waals surface area contributed by atoms with Crippen LogP contribution in [0.25, 0.3) is 0 Å². The fourth-order valence-electron chi connectivity index (χ4n) is 2.75. The summed E-state index contributed by atoms with van der Waals surface area (Å²) in [6.07, 6.45) is 0. The summed E-state index contributed by atoms with van der Waals surface area (Å²) >= 11 is 12.5. The Balaban J connectivity index is 1.46. The van der Waals surface area contributed by atoms with E-state index in [-0.39, 0.29) is 33.0 Å². The third-order valence-electron chi connectivity index (χ3n) is 4.34. The molecular formula is C24H14Cl2F2O5. The standard InChI is InChI=1S/C24H14Cl2F2O5/c25-17-9-13(3-7-23(17)32-15-1-5-21(29)19(27)11-15)31-14-4-8-24(18(26)10-14)33-16-2-6-22(30)20(28)12-16/h1-12,29-30H. The molecule has 0 aliphatic rings. The van der Waals surface area contributed by atoms with Gasteiger partial charge in [0, 0.05) is 24.3 Å². The van der Waals surface area contributed by atoms with E-state index in [0.29, 0.717) is 11.5 Å². The molecule has 0 amide bonds. The molecule has 0 heterocycles. The fraction of sp³-hybridized carbons (Fsp3) is 0. The van der Waals surface area contributed by atoms with Crippen LogP contribution in [0.2, 0.25) is 10.0 Å². The second kappa shape index (κ2) is 9.44. The number of hydrogen-bond donors (Lipinski definition) is 2. The normalized spacial score (nSPS) is 10.7. The minimum atomic E-state index is -0.816. The Hall–Kier alpha value is -3.68. The van der Waals surface area contributed by atoms with E-state index in [1.54, 1.807) is 24.3 Å². The average Bonchev–Trinajstić information content (AvgIpc) is 2.77. The van der Waals surface area contributed by atoms with Gasteiger partial charge in [-0.15, -0.1) is 0 Å². The van der Waals surface area contributed by atoms with Crippen molar-refractivity contribution in [2.24, 2.45) is 0 Å². The average molecular weight is 491 g/mol. The van der Waals surface area contributed by atoms with Gasteiger partial charge in [-0.2, -0.15) is 0 Å². The molecule has 9 heteroatoms. The van der Waals surface area contributed by atoms with Crippen LogP contribution in [0.15, 0.2) is 72.8 Å². The summed E-state index contributed by atoms with van der Waals surface area (Å²) < 4.78 is 43.8. The highest BCUT2D eigenvalue weighted by atomic mass is 35.5. The first-order valence-corrected chi connectivity index (χ1v) is 10.1. The number of phenols is 2. The summed E-state index contributed by atoms with van der Waals surface area (Å²) in [5.41, 5.74) is 0. The van der Waals surface area contributed by atoms with Crippen LogP contribution in [0.5, 0.6) is 46.0 Å². The van der Waals surface area contributed by atoms with Gasteiger partial charge < -0.3 is 24.4 Å². The van der Waals surface area contributed by atoms with E-state index in [0.717, 1.165) is 12.1 Å². The van der Waals surface area contributed by atoms with Crippen molar-refractivity contribution in [3.8, 4) is 46.0 Å². The van der Waals surface area contributed by atoms with Crippen molar-refractivity contribution in [3.05, 3.63) is 94.5 Å². The van der Waals surface area contributed by atoms with E-state index in [9.17, 15) is 19.0 Å². The van der Waals surface area contributed by atoms with Gasteiger partial charge in [-0.05, 0) is 48.5 Å². The van der Waals surface area contributed by atoms with Crippen LogP contribution in [0.4, 0.5) is 8.78 Å². The number of phenolic OH excluding ortho intramolecular Hbond substituents is 2. The topological polar surface area (TPSA) is 68.2 Å². The molecule has 5 nitrogen and oxygen atoms in total. The molecule has 33 heavy (non-hydrogen) atoms. The van der Waals surface area contributed by atoms with E-state index in [4.69, 9.17) is 37.4 Å². The number of rotatable bonds is 6. The first-order valence-electron chi connectivity index (χ1n) is 9.38. The molecule has 2 N–H and O–H groups in total. The molecule has 0 bridgehead atoms. The van der Waals surface area contributed by atoms with Gasteiger partial charge in [0.1, 0.15) is 34.5 Å². The zero-order valence-corrected chi connectivity index (χ0v) is 18.1. The maximum absolute atomic E-state index is 13.5. The molecule has 0 fully saturated rings. The molecule has 0 unspecified atom stereocenters. The lowest BCUT2D eigenvalue weighted by Crippen LogP contribution is -1.90. The molecule has 0 saturated carbocycles. The molecule has 0 saturated heterocycles. The lowest BCUT2D eigenvalue weighted by molar-refractivity contribution is 0.423. The van der Waals surface area contributed by atoms with E-state index < -0.39 is 23.1 Å². The van der Waals surface area contributed by atoms with Crippen LogP contribution in [0.1, 0.15) is 0 Å². The molecule has 168 valence electrons. The Kier molecular flexibility index (Phi) is 6.44. The van der Waals surface area contributed by atoms with Crippen molar-refractivity contribution in [2.45, 2.75) is 0 Å². The number of halogens is 4. The van der Waals surface area contributed by atoms with Gasteiger partial charge in [-0.1, -0.05) is 23.2 Å². The van der Waals surface area contributed by atoms with Gasteiger partial charge in [-0.3, -0.25) is 0 Å². The minimum absolute atomic E-state index is 0.164. The van der Waals surface area contributed by atoms with Gasteiger partial charge >= 0.3 is 0 Å². The SMILES string of the molecule is Oc1ccc(Oc2ccc(Oc3ccc(Oc4ccc(O)c(F)c4)c(Cl)c3)cc2Cl)cc1F. The van der Waals surface area contributed by atoms with Crippen molar-refractivity contribution >= 4 is 23.2 Å². The second-order valence-electron chi connectivity index (χ2n) is 6.72. The van der Waals surface area contributed by atoms with E-state index in [2.05, 4.69) is 0 Å². The van der Waals surface area contributed by atoms with Gasteiger partial charge in [-0.25, -0.2) is 8.78 Å². The Labute approximate surface area is 196 Å². The lowest BCUT2D eigenvalue weighted by Gasteiger charge is -2.12. The fourth-order valence-corrected chi connectivity index (χ4v) is 3.17. The van der Waals surface area contributed by atoms with E-state index in [1.165, 1.54) is 36.4 Å². The first-order chi connectivity index (χ1) is 15.8. The maximum Gasteiger partial charge on any atom is 0.168 e. The highest BCUT2D eigenvalue weighted by Crippen LogP contribution is 2.38. The third-order valence-corrected chi connectivity index (χ3v) is 4.93. The number of aromatic hydroxyl groups is 2. The zero-order chi connectivity index (χ0) is 23.5. The largest absolute Gasteiger partial charge is 0.505 e. The zero-order valence-electron chi connectivity index (χ0n) is 16.6. The quantitative estimate of drug-likeness (QED) is 0.286. The number of hydrogen-bond acceptors (Lipinski definition) is 5. The molecule has 0 aromatic heterocycles. The Morgan fingerprint density at radius 3 is 1.24 bits per heavy atom. The van der Waals surface area contributed by atoms with E-state index in [1.807, 2.05) is 0 Å². The van der Waals surface area contributed by atoms with Gasteiger partial charge in [0.2, 0.25) is 0 Å². The molecule has 0 atom stereocenters. The number of benzene rings is 4. The molecule has 0 spiro atoms. The van der Waals surface area contributed by atoms with Crippen LogP contribution in [0, 0.1) is 11.6 Å². The third kappa shape index (κ3) is 5.39. The summed E-state index contributed by atoms with van der Waals surface area (Å²) in [6, 6.07) is 16.5. The molecule has 0 radical (unpaired) electrons. The second-order valence-corrected chi connectivity index (χ2v) is 7.53. The van der Waals surface area contributed by atoms with Crippen molar-refractivity contribution in [3.63, 3.8) is 0 Å². The summed E-state index contributed by atoms with van der Waals surface area (Å²) in [4.78, 5) is 0. The molecule has 0 aliphatic carbocycles. The first kappa shape index (κ1) is 22.5. The van der Waals surface area contributed by atoms with Crippen molar-refractivity contribution in [1.29, 1.82) is 0 Å². The lowest BCUT2D eigenvalue weighted by atomic mass is 10.3.